The van der Waals surface area contributed by atoms with Crippen molar-refractivity contribution in [2.45, 2.75) is 33.7 Å². The molecule has 0 unspecified atom stereocenters. The van der Waals surface area contributed by atoms with Gasteiger partial charge in [-0.15, -0.1) is 0 Å². The summed E-state index contributed by atoms with van der Waals surface area (Å²) in [6, 6.07) is 11.4. The highest BCUT2D eigenvalue weighted by molar-refractivity contribution is 7.17. The van der Waals surface area contributed by atoms with Crippen LogP contribution < -0.4 is 10.6 Å². The molecule has 0 spiro atoms. The molecule has 0 aliphatic carbocycles. The Morgan fingerprint density at radius 3 is 2.80 bits per heavy atom. The van der Waals surface area contributed by atoms with Gasteiger partial charge < -0.3 is 15.7 Å². The van der Waals surface area contributed by atoms with E-state index in [1.165, 1.54) is 11.3 Å². The van der Waals surface area contributed by atoms with Crippen molar-refractivity contribution in [1.29, 1.82) is 0 Å². The summed E-state index contributed by atoms with van der Waals surface area (Å²) in [4.78, 5) is 17.5. The maximum Gasteiger partial charge on any atom is 0.267 e. The number of aromatic nitrogens is 3. The largest absolute Gasteiger partial charge is 0.508 e. The lowest BCUT2D eigenvalue weighted by Gasteiger charge is -2.11. The van der Waals surface area contributed by atoms with E-state index in [2.05, 4.69) is 27.6 Å². The first-order valence-corrected chi connectivity index (χ1v) is 10.6. The van der Waals surface area contributed by atoms with Crippen LogP contribution in [-0.4, -0.2) is 25.8 Å². The zero-order valence-electron chi connectivity index (χ0n) is 17.1. The predicted molar refractivity (Wildman–Crippen MR) is 121 cm³/mol. The van der Waals surface area contributed by atoms with Gasteiger partial charge in [-0.1, -0.05) is 36.5 Å². The van der Waals surface area contributed by atoms with E-state index < -0.39 is 0 Å². The Bertz CT molecular complexity index is 1230. The maximum atomic E-state index is 12.7. The molecule has 0 radical (unpaired) electrons. The van der Waals surface area contributed by atoms with Gasteiger partial charge in [0.05, 0.1) is 17.4 Å². The number of benzene rings is 2. The van der Waals surface area contributed by atoms with Crippen LogP contribution in [0.4, 0.5) is 16.6 Å². The number of anilines is 3. The van der Waals surface area contributed by atoms with E-state index in [1.54, 1.807) is 25.3 Å². The van der Waals surface area contributed by atoms with Crippen LogP contribution in [0.1, 0.15) is 34.1 Å². The molecule has 0 atom stereocenters. The average Bonchev–Trinajstić information content (AvgIpc) is 3.34. The standard InChI is InChI=1S/C22H23N5O2S/c1-4-11-27-16-8-6-5-7-15(16)20(26-27)25-22-23-12-18(30-22)21(29)24-19-13(2)9-10-17(28)14(19)3/h5-10,12,28H,4,11H2,1-3H3,(H,24,29)(H,23,25,26). The van der Waals surface area contributed by atoms with E-state index in [0.29, 0.717) is 21.3 Å². The van der Waals surface area contributed by atoms with Crippen molar-refractivity contribution in [3.8, 4) is 5.75 Å². The molecule has 0 aliphatic rings. The average molecular weight is 422 g/mol. The van der Waals surface area contributed by atoms with Crippen LogP contribution in [0.2, 0.25) is 0 Å². The Kier molecular flexibility index (Phi) is 5.41. The third-order valence-corrected chi connectivity index (χ3v) is 5.84. The second-order valence-electron chi connectivity index (χ2n) is 7.10. The van der Waals surface area contributed by atoms with Gasteiger partial charge in [-0.3, -0.25) is 9.48 Å². The van der Waals surface area contributed by atoms with Crippen LogP contribution in [0.5, 0.6) is 5.75 Å². The molecule has 2 aromatic heterocycles. The summed E-state index contributed by atoms with van der Waals surface area (Å²) < 4.78 is 1.98. The minimum atomic E-state index is -0.265. The van der Waals surface area contributed by atoms with Gasteiger partial charge in [0.1, 0.15) is 10.6 Å². The number of amides is 1. The first-order valence-electron chi connectivity index (χ1n) is 9.77. The summed E-state index contributed by atoms with van der Waals surface area (Å²) in [6.45, 7) is 6.61. The molecule has 3 N–H and O–H groups in total. The third-order valence-electron chi connectivity index (χ3n) is 4.93. The molecule has 0 saturated heterocycles. The van der Waals surface area contributed by atoms with Crippen molar-refractivity contribution in [2.75, 3.05) is 10.6 Å². The van der Waals surface area contributed by atoms with Gasteiger partial charge in [0.2, 0.25) is 0 Å². The van der Waals surface area contributed by atoms with Gasteiger partial charge in [-0.05, 0) is 44.0 Å². The summed E-state index contributed by atoms with van der Waals surface area (Å²) in [5.74, 6) is 0.607. The summed E-state index contributed by atoms with van der Waals surface area (Å²) in [5.41, 5.74) is 3.20. The molecule has 154 valence electrons. The second kappa shape index (κ2) is 8.16. The number of aromatic hydroxyl groups is 1. The molecule has 0 bridgehead atoms. The van der Waals surface area contributed by atoms with Crippen molar-refractivity contribution in [1.82, 2.24) is 14.8 Å². The SMILES string of the molecule is CCCn1nc(Nc2ncc(C(=O)Nc3c(C)ccc(O)c3C)s2)c2ccccc21. The van der Waals surface area contributed by atoms with Gasteiger partial charge in [-0.25, -0.2) is 4.98 Å². The molecule has 0 aliphatic heterocycles. The van der Waals surface area contributed by atoms with E-state index in [1.807, 2.05) is 35.9 Å². The minimum Gasteiger partial charge on any atom is -0.508 e. The van der Waals surface area contributed by atoms with E-state index in [9.17, 15) is 9.90 Å². The highest BCUT2D eigenvalue weighted by Crippen LogP contribution is 2.31. The molecular weight excluding hydrogens is 398 g/mol. The van der Waals surface area contributed by atoms with E-state index in [0.717, 1.165) is 35.2 Å². The van der Waals surface area contributed by atoms with Crippen LogP contribution in [-0.2, 0) is 6.54 Å². The number of thiazole rings is 1. The number of nitrogens with zero attached hydrogens (tertiary/aromatic N) is 3. The van der Waals surface area contributed by atoms with Crippen molar-refractivity contribution in [3.63, 3.8) is 0 Å². The Balaban J connectivity index is 1.56. The molecule has 2 heterocycles. The Hall–Kier alpha value is -3.39. The number of phenols is 1. The molecule has 7 nitrogen and oxygen atoms in total. The van der Waals surface area contributed by atoms with Gasteiger partial charge in [0.15, 0.2) is 10.9 Å². The molecule has 30 heavy (non-hydrogen) atoms. The fourth-order valence-corrected chi connectivity index (χ4v) is 4.05. The topological polar surface area (TPSA) is 92.1 Å². The Morgan fingerprint density at radius 2 is 2.00 bits per heavy atom. The molecule has 1 amide bonds. The summed E-state index contributed by atoms with van der Waals surface area (Å²) in [5, 5.41) is 22.3. The summed E-state index contributed by atoms with van der Waals surface area (Å²) in [7, 11) is 0. The first-order chi connectivity index (χ1) is 14.5. The monoisotopic (exact) mass is 421 g/mol. The highest BCUT2D eigenvalue weighted by atomic mass is 32.1. The lowest BCUT2D eigenvalue weighted by Crippen LogP contribution is -2.12. The number of hydrogen-bond acceptors (Lipinski definition) is 6. The van der Waals surface area contributed by atoms with Crippen LogP contribution in [0.3, 0.4) is 0 Å². The fourth-order valence-electron chi connectivity index (χ4n) is 3.34. The van der Waals surface area contributed by atoms with Gasteiger partial charge >= 0.3 is 0 Å². The number of nitrogens with one attached hydrogen (secondary N) is 2. The van der Waals surface area contributed by atoms with E-state index in [4.69, 9.17) is 0 Å². The van der Waals surface area contributed by atoms with Crippen molar-refractivity contribution < 1.29 is 9.90 Å². The van der Waals surface area contributed by atoms with Gasteiger partial charge in [0, 0.05) is 17.5 Å². The molecule has 2 aromatic carbocycles. The number of rotatable bonds is 6. The lowest BCUT2D eigenvalue weighted by molar-refractivity contribution is 0.103. The second-order valence-corrected chi connectivity index (χ2v) is 8.13. The fraction of sp³-hybridized carbons (Fsp3) is 0.227. The molecular formula is C22H23N5O2S. The van der Waals surface area contributed by atoms with Crippen molar-refractivity contribution >= 4 is 44.8 Å². The van der Waals surface area contributed by atoms with Crippen LogP contribution in [0, 0.1) is 13.8 Å². The number of para-hydroxylation sites is 1. The molecule has 0 saturated carbocycles. The van der Waals surface area contributed by atoms with Gasteiger partial charge in [-0.2, -0.15) is 5.10 Å². The summed E-state index contributed by atoms with van der Waals surface area (Å²) in [6.07, 6.45) is 2.53. The Labute approximate surface area is 178 Å². The quantitative estimate of drug-likeness (QED) is 0.397. The first kappa shape index (κ1) is 19.9. The lowest BCUT2D eigenvalue weighted by atomic mass is 10.1. The minimum absolute atomic E-state index is 0.150. The van der Waals surface area contributed by atoms with Crippen molar-refractivity contribution in [2.24, 2.45) is 0 Å². The van der Waals surface area contributed by atoms with Crippen LogP contribution >= 0.6 is 11.3 Å². The van der Waals surface area contributed by atoms with Crippen LogP contribution in [0.25, 0.3) is 10.9 Å². The third kappa shape index (κ3) is 3.73. The summed E-state index contributed by atoms with van der Waals surface area (Å²) >= 11 is 1.26. The maximum absolute atomic E-state index is 12.7. The zero-order chi connectivity index (χ0) is 21.3. The number of carbonyl (C=O) groups is 1. The van der Waals surface area contributed by atoms with Gasteiger partial charge in [0.25, 0.3) is 5.91 Å². The van der Waals surface area contributed by atoms with E-state index in [-0.39, 0.29) is 11.7 Å². The normalized spacial score (nSPS) is 11.0. The molecule has 4 aromatic rings. The number of hydrogen-bond donors (Lipinski definition) is 3. The van der Waals surface area contributed by atoms with E-state index >= 15 is 0 Å². The molecule has 8 heteroatoms. The predicted octanol–water partition coefficient (Wildman–Crippen LogP) is 5.22. The Morgan fingerprint density at radius 1 is 1.20 bits per heavy atom. The van der Waals surface area contributed by atoms with Crippen molar-refractivity contribution in [3.05, 3.63) is 58.6 Å². The molecule has 0 fully saturated rings. The highest BCUT2D eigenvalue weighted by Gasteiger charge is 2.16. The zero-order valence-corrected chi connectivity index (χ0v) is 17.9. The number of fused-ring (bicyclic) bond motifs is 1. The molecule has 4 rings (SSSR count). The number of aryl methyl sites for hydroxylation is 2. The smallest absolute Gasteiger partial charge is 0.267 e. The number of phenolic OH excluding ortho intramolecular Hbond substituents is 1. The van der Waals surface area contributed by atoms with Crippen LogP contribution in [0.15, 0.2) is 42.6 Å². The number of carbonyl (C=O) groups excluding carboxylic acids is 1.